The van der Waals surface area contributed by atoms with Gasteiger partial charge in [-0.1, -0.05) is 6.07 Å². The highest BCUT2D eigenvalue weighted by molar-refractivity contribution is 6.02. The molecule has 1 saturated carbocycles. The quantitative estimate of drug-likeness (QED) is 0.630. The molecule has 4 atom stereocenters. The van der Waals surface area contributed by atoms with Gasteiger partial charge in [-0.05, 0) is 32.4 Å². The second-order valence-corrected chi connectivity index (χ2v) is 6.27. The Bertz CT molecular complexity index is 642. The van der Waals surface area contributed by atoms with Crippen LogP contribution in [0.4, 0.5) is 0 Å². The van der Waals surface area contributed by atoms with E-state index in [4.69, 9.17) is 9.47 Å². The molecule has 0 saturated heterocycles. The number of hydrogen-bond acceptors (Lipinski definition) is 7. The zero-order chi connectivity index (χ0) is 18.6. The number of ether oxygens (including phenoxy) is 2. The average Bonchev–Trinajstić information content (AvgIpc) is 2.54. The largest absolute Gasteiger partial charge is 0.466 e. The van der Waals surface area contributed by atoms with Gasteiger partial charge in [-0.2, -0.15) is 0 Å². The number of esters is 2. The van der Waals surface area contributed by atoms with Crippen molar-refractivity contribution in [1.29, 1.82) is 0 Å². The van der Waals surface area contributed by atoms with E-state index >= 15 is 0 Å². The van der Waals surface area contributed by atoms with Crippen molar-refractivity contribution in [2.75, 3.05) is 13.2 Å². The van der Waals surface area contributed by atoms with Crippen LogP contribution in [0.25, 0.3) is 0 Å². The van der Waals surface area contributed by atoms with Crippen LogP contribution in [0.15, 0.2) is 24.5 Å². The molecule has 0 unspecified atom stereocenters. The van der Waals surface area contributed by atoms with E-state index in [2.05, 4.69) is 4.98 Å². The molecule has 1 heterocycles. The van der Waals surface area contributed by atoms with E-state index in [0.717, 1.165) is 0 Å². The number of hydrogen-bond donors (Lipinski definition) is 1. The molecule has 0 spiro atoms. The first-order valence-corrected chi connectivity index (χ1v) is 8.31. The maximum absolute atomic E-state index is 12.6. The Kier molecular flexibility index (Phi) is 5.89. The third-order valence-electron chi connectivity index (χ3n) is 4.42. The van der Waals surface area contributed by atoms with Crippen LogP contribution in [0.1, 0.15) is 38.7 Å². The molecule has 1 aliphatic rings. The van der Waals surface area contributed by atoms with Crippen molar-refractivity contribution in [2.24, 2.45) is 11.8 Å². The van der Waals surface area contributed by atoms with Crippen LogP contribution in [0.5, 0.6) is 0 Å². The first-order valence-electron chi connectivity index (χ1n) is 8.31. The smallest absolute Gasteiger partial charge is 0.317 e. The van der Waals surface area contributed by atoms with Gasteiger partial charge in [-0.15, -0.1) is 0 Å². The minimum atomic E-state index is -1.63. The third-order valence-corrected chi connectivity index (χ3v) is 4.42. The molecule has 0 radical (unpaired) electrons. The minimum absolute atomic E-state index is 0.114. The van der Waals surface area contributed by atoms with E-state index in [1.165, 1.54) is 13.1 Å². The van der Waals surface area contributed by atoms with Crippen molar-refractivity contribution in [3.05, 3.63) is 30.1 Å². The zero-order valence-corrected chi connectivity index (χ0v) is 14.6. The Morgan fingerprint density at radius 2 is 1.92 bits per heavy atom. The van der Waals surface area contributed by atoms with Crippen LogP contribution in [0.3, 0.4) is 0 Å². The molecule has 7 heteroatoms. The van der Waals surface area contributed by atoms with Crippen LogP contribution >= 0.6 is 0 Å². The Hall–Kier alpha value is -2.28. The Labute approximate surface area is 146 Å². The van der Waals surface area contributed by atoms with Gasteiger partial charge in [0.2, 0.25) is 0 Å². The van der Waals surface area contributed by atoms with Crippen LogP contribution < -0.4 is 0 Å². The number of pyridine rings is 1. The summed E-state index contributed by atoms with van der Waals surface area (Å²) in [5.41, 5.74) is -1.13. The number of Topliss-reactive ketones (excluding diaryl/α,β-unsaturated/α-hetero) is 1. The summed E-state index contributed by atoms with van der Waals surface area (Å²) in [7, 11) is 0. The van der Waals surface area contributed by atoms with E-state index in [1.54, 1.807) is 32.2 Å². The first-order chi connectivity index (χ1) is 11.8. The van der Waals surface area contributed by atoms with Crippen molar-refractivity contribution in [3.63, 3.8) is 0 Å². The fraction of sp³-hybridized carbons (Fsp3) is 0.556. The summed E-state index contributed by atoms with van der Waals surface area (Å²) in [5, 5.41) is 10.8. The normalized spacial score (nSPS) is 29.1. The highest BCUT2D eigenvalue weighted by Gasteiger charge is 2.57. The van der Waals surface area contributed by atoms with Gasteiger partial charge < -0.3 is 14.6 Å². The average molecular weight is 349 g/mol. The topological polar surface area (TPSA) is 103 Å². The molecule has 0 amide bonds. The van der Waals surface area contributed by atoms with E-state index in [0.29, 0.717) is 5.56 Å². The molecule has 1 N–H and O–H groups in total. The number of carbonyl (C=O) groups excluding carboxylic acids is 3. The monoisotopic (exact) mass is 349 g/mol. The molecule has 2 rings (SSSR count). The van der Waals surface area contributed by atoms with E-state index in [9.17, 15) is 19.5 Å². The molecular weight excluding hydrogens is 326 g/mol. The number of nitrogens with zero attached hydrogens (tertiary/aromatic N) is 1. The van der Waals surface area contributed by atoms with Crippen LogP contribution in [-0.2, 0) is 23.9 Å². The molecule has 1 aromatic heterocycles. The second-order valence-electron chi connectivity index (χ2n) is 6.27. The van der Waals surface area contributed by atoms with E-state index in [1.807, 2.05) is 0 Å². The van der Waals surface area contributed by atoms with E-state index in [-0.39, 0.29) is 19.6 Å². The fourth-order valence-electron chi connectivity index (χ4n) is 3.45. The van der Waals surface area contributed by atoms with Gasteiger partial charge in [0.15, 0.2) is 5.78 Å². The van der Waals surface area contributed by atoms with Crippen molar-refractivity contribution in [3.8, 4) is 0 Å². The van der Waals surface area contributed by atoms with Gasteiger partial charge in [0.25, 0.3) is 0 Å². The first kappa shape index (κ1) is 19.1. The standard InChI is InChI=1S/C18H23NO6/c1-4-24-16(21)14-12(20)9-18(3,23)15(17(22)25-5-2)13(14)11-7-6-8-19-10-11/h6-8,10,13-15,23H,4-5,9H2,1-3H3/t13-,14+,15-,18+/m1/s1. The summed E-state index contributed by atoms with van der Waals surface area (Å²) in [6.45, 7) is 4.95. The van der Waals surface area contributed by atoms with Crippen LogP contribution in [-0.4, -0.2) is 46.6 Å². The number of ketones is 1. The SMILES string of the molecule is CCOC(=O)[C@H]1C(=O)C[C@](C)(O)[C@@H](C(=O)OCC)[C@@H]1c1cccnc1. The summed E-state index contributed by atoms with van der Waals surface area (Å²) in [4.78, 5) is 41.6. The lowest BCUT2D eigenvalue weighted by molar-refractivity contribution is -0.172. The van der Waals surface area contributed by atoms with Gasteiger partial charge >= 0.3 is 11.9 Å². The highest BCUT2D eigenvalue weighted by Crippen LogP contribution is 2.46. The molecule has 0 aromatic carbocycles. The Balaban J connectivity index is 2.57. The molecule has 0 bridgehead atoms. The molecule has 0 aliphatic heterocycles. The molecule has 25 heavy (non-hydrogen) atoms. The molecule has 136 valence electrons. The summed E-state index contributed by atoms with van der Waals surface area (Å²) in [6, 6.07) is 3.32. The summed E-state index contributed by atoms with van der Waals surface area (Å²) in [5.74, 6) is -4.97. The van der Waals surface area contributed by atoms with Gasteiger partial charge in [-0.25, -0.2) is 0 Å². The maximum atomic E-state index is 12.6. The Morgan fingerprint density at radius 3 is 2.48 bits per heavy atom. The minimum Gasteiger partial charge on any atom is -0.466 e. The molecule has 1 fully saturated rings. The van der Waals surface area contributed by atoms with Gasteiger partial charge in [-0.3, -0.25) is 19.4 Å². The summed E-state index contributed by atoms with van der Waals surface area (Å²) < 4.78 is 10.2. The van der Waals surface area contributed by atoms with E-state index < -0.39 is 41.1 Å². The summed E-state index contributed by atoms with van der Waals surface area (Å²) >= 11 is 0. The number of aromatic nitrogens is 1. The highest BCUT2D eigenvalue weighted by atomic mass is 16.5. The van der Waals surface area contributed by atoms with Crippen molar-refractivity contribution in [2.45, 2.75) is 38.7 Å². The van der Waals surface area contributed by atoms with Crippen molar-refractivity contribution >= 4 is 17.7 Å². The molecule has 1 aromatic rings. The van der Waals surface area contributed by atoms with Crippen LogP contribution in [0, 0.1) is 11.8 Å². The number of aliphatic hydroxyl groups is 1. The lowest BCUT2D eigenvalue weighted by Crippen LogP contribution is -2.55. The van der Waals surface area contributed by atoms with Gasteiger partial charge in [0, 0.05) is 24.7 Å². The maximum Gasteiger partial charge on any atom is 0.317 e. The fourth-order valence-corrected chi connectivity index (χ4v) is 3.45. The molecule has 7 nitrogen and oxygen atoms in total. The van der Waals surface area contributed by atoms with Crippen molar-refractivity contribution < 1.29 is 29.0 Å². The van der Waals surface area contributed by atoms with Gasteiger partial charge in [0.1, 0.15) is 5.92 Å². The van der Waals surface area contributed by atoms with Crippen molar-refractivity contribution in [1.82, 2.24) is 4.98 Å². The molecule has 1 aliphatic carbocycles. The third kappa shape index (κ3) is 3.87. The number of carbonyl (C=O) groups is 3. The van der Waals surface area contributed by atoms with Gasteiger partial charge in [0.05, 0.1) is 24.7 Å². The number of rotatable bonds is 5. The zero-order valence-electron chi connectivity index (χ0n) is 14.6. The molecular formula is C18H23NO6. The van der Waals surface area contributed by atoms with Crippen LogP contribution in [0.2, 0.25) is 0 Å². The predicted octanol–water partition coefficient (Wildman–Crippen LogP) is 1.25. The lowest BCUT2D eigenvalue weighted by atomic mass is 9.62. The second kappa shape index (κ2) is 7.74. The predicted molar refractivity (Wildman–Crippen MR) is 87.5 cm³/mol. The summed E-state index contributed by atoms with van der Waals surface area (Å²) in [6.07, 6.45) is 2.71. The lowest BCUT2D eigenvalue weighted by Gasteiger charge is -2.43. The Morgan fingerprint density at radius 1 is 1.28 bits per heavy atom.